The van der Waals surface area contributed by atoms with Gasteiger partial charge in [0.05, 0.1) is 6.07 Å². The van der Waals surface area contributed by atoms with Crippen molar-refractivity contribution in [3.8, 4) is 6.07 Å². The first-order valence-electron chi connectivity index (χ1n) is 8.64. The molecule has 0 saturated heterocycles. The molecule has 27 heavy (non-hydrogen) atoms. The lowest BCUT2D eigenvalue weighted by Crippen LogP contribution is -2.54. The fourth-order valence-corrected chi connectivity index (χ4v) is 2.32. The highest BCUT2D eigenvalue weighted by Gasteiger charge is 2.29. The highest BCUT2D eigenvalue weighted by atomic mass is 16.5. The smallest absolute Gasteiger partial charge is 0.408 e. The maximum Gasteiger partial charge on any atom is 0.408 e. The van der Waals surface area contributed by atoms with Gasteiger partial charge in [-0.25, -0.2) is 9.59 Å². The van der Waals surface area contributed by atoms with Gasteiger partial charge in [-0.3, -0.25) is 4.79 Å². The second kappa shape index (κ2) is 10.8. The van der Waals surface area contributed by atoms with Crippen LogP contribution in [0.2, 0.25) is 0 Å². The zero-order chi connectivity index (χ0) is 20.4. The Labute approximate surface area is 158 Å². The molecule has 0 saturated carbocycles. The maximum atomic E-state index is 12.5. The number of amides is 2. The predicted molar refractivity (Wildman–Crippen MR) is 97.3 cm³/mol. The summed E-state index contributed by atoms with van der Waals surface area (Å²) in [6.07, 6.45) is -0.800. The Kier molecular flexibility index (Phi) is 8.79. The number of carbonyl (C=O) groups excluding carboxylic acids is 2. The van der Waals surface area contributed by atoms with E-state index in [9.17, 15) is 19.5 Å². The van der Waals surface area contributed by atoms with Crippen molar-refractivity contribution in [3.05, 3.63) is 35.9 Å². The summed E-state index contributed by atoms with van der Waals surface area (Å²) in [7, 11) is 0. The molecule has 1 rings (SSSR count). The van der Waals surface area contributed by atoms with E-state index in [2.05, 4.69) is 10.6 Å². The van der Waals surface area contributed by atoms with Crippen molar-refractivity contribution in [1.29, 1.82) is 5.26 Å². The van der Waals surface area contributed by atoms with E-state index in [4.69, 9.17) is 10.00 Å². The molecule has 0 fully saturated rings. The van der Waals surface area contributed by atoms with Crippen molar-refractivity contribution in [1.82, 2.24) is 10.6 Å². The van der Waals surface area contributed by atoms with Crippen molar-refractivity contribution < 1.29 is 24.2 Å². The lowest BCUT2D eigenvalue weighted by Gasteiger charge is -2.24. The molecule has 3 atom stereocenters. The average molecular weight is 375 g/mol. The summed E-state index contributed by atoms with van der Waals surface area (Å²) < 4.78 is 5.10. The number of alkyl carbamates (subject to hydrolysis) is 1. The lowest BCUT2D eigenvalue weighted by molar-refractivity contribution is -0.142. The molecular weight excluding hydrogens is 350 g/mol. The monoisotopic (exact) mass is 375 g/mol. The number of carboxylic acid groups (broad SMARTS) is 1. The molecular formula is C19H25N3O5. The number of carboxylic acids is 1. The third-order valence-corrected chi connectivity index (χ3v) is 3.86. The first kappa shape index (κ1) is 22.0. The molecule has 0 aliphatic heterocycles. The lowest BCUT2D eigenvalue weighted by atomic mass is 10.0. The number of rotatable bonds is 9. The van der Waals surface area contributed by atoms with E-state index in [1.165, 1.54) is 0 Å². The first-order chi connectivity index (χ1) is 12.7. The van der Waals surface area contributed by atoms with E-state index in [1.54, 1.807) is 32.9 Å². The number of hydrogen-bond acceptors (Lipinski definition) is 5. The summed E-state index contributed by atoms with van der Waals surface area (Å²) in [5, 5.41) is 22.9. The SMILES string of the molecule is CC(C)[C@@H](NC(=O)OCc1ccccc1)C(=O)N[C@@H](C[C@H](C)C#N)C(=O)O. The van der Waals surface area contributed by atoms with E-state index in [-0.39, 0.29) is 18.9 Å². The van der Waals surface area contributed by atoms with Crippen molar-refractivity contribution in [2.75, 3.05) is 0 Å². The van der Waals surface area contributed by atoms with Gasteiger partial charge in [-0.15, -0.1) is 0 Å². The van der Waals surface area contributed by atoms with Crippen LogP contribution in [0.1, 0.15) is 32.8 Å². The molecule has 0 radical (unpaired) electrons. The van der Waals surface area contributed by atoms with Crippen LogP contribution in [0.3, 0.4) is 0 Å². The van der Waals surface area contributed by atoms with Gasteiger partial charge in [0, 0.05) is 5.92 Å². The molecule has 1 aromatic carbocycles. The predicted octanol–water partition coefficient (Wildman–Crippen LogP) is 2.06. The van der Waals surface area contributed by atoms with E-state index >= 15 is 0 Å². The molecule has 8 nitrogen and oxygen atoms in total. The molecule has 1 aromatic rings. The average Bonchev–Trinajstić information content (AvgIpc) is 2.64. The van der Waals surface area contributed by atoms with Crippen LogP contribution in [0.15, 0.2) is 30.3 Å². The van der Waals surface area contributed by atoms with Gasteiger partial charge < -0.3 is 20.5 Å². The Morgan fingerprint density at radius 3 is 2.30 bits per heavy atom. The van der Waals surface area contributed by atoms with Crippen LogP contribution in [-0.2, 0) is 20.9 Å². The number of nitriles is 1. The quantitative estimate of drug-likeness (QED) is 0.606. The second-order valence-electron chi connectivity index (χ2n) is 6.59. The van der Waals surface area contributed by atoms with Crippen LogP contribution in [0.25, 0.3) is 0 Å². The minimum atomic E-state index is -1.24. The molecule has 0 unspecified atom stereocenters. The van der Waals surface area contributed by atoms with E-state index in [0.717, 1.165) is 5.56 Å². The zero-order valence-corrected chi connectivity index (χ0v) is 15.6. The van der Waals surface area contributed by atoms with Gasteiger partial charge in [0.1, 0.15) is 18.7 Å². The third kappa shape index (κ3) is 7.77. The van der Waals surface area contributed by atoms with Crippen LogP contribution in [0.4, 0.5) is 4.79 Å². The Hall–Kier alpha value is -3.08. The largest absolute Gasteiger partial charge is 0.480 e. The molecule has 2 amide bonds. The van der Waals surface area contributed by atoms with E-state index in [1.807, 2.05) is 24.3 Å². The van der Waals surface area contributed by atoms with Crippen molar-refractivity contribution in [3.63, 3.8) is 0 Å². The summed E-state index contributed by atoms with van der Waals surface area (Å²) in [5.41, 5.74) is 0.801. The molecule has 0 spiro atoms. The van der Waals surface area contributed by atoms with Crippen LogP contribution >= 0.6 is 0 Å². The van der Waals surface area contributed by atoms with E-state index < -0.39 is 36.0 Å². The Morgan fingerprint density at radius 2 is 1.78 bits per heavy atom. The molecule has 146 valence electrons. The fraction of sp³-hybridized carbons (Fsp3) is 0.474. The molecule has 0 heterocycles. The number of nitrogens with zero attached hydrogens (tertiary/aromatic N) is 1. The molecule has 0 aliphatic carbocycles. The highest BCUT2D eigenvalue weighted by molar-refractivity contribution is 5.89. The van der Waals surface area contributed by atoms with Gasteiger partial charge in [0.2, 0.25) is 5.91 Å². The van der Waals surface area contributed by atoms with Crippen molar-refractivity contribution >= 4 is 18.0 Å². The number of nitrogens with one attached hydrogen (secondary N) is 2. The van der Waals surface area contributed by atoms with E-state index in [0.29, 0.717) is 0 Å². The molecule has 0 aliphatic rings. The molecule has 3 N–H and O–H groups in total. The minimum Gasteiger partial charge on any atom is -0.480 e. The summed E-state index contributed by atoms with van der Waals surface area (Å²) in [6, 6.07) is 8.83. The van der Waals surface area contributed by atoms with Gasteiger partial charge >= 0.3 is 12.1 Å². The number of benzene rings is 1. The van der Waals surface area contributed by atoms with Crippen molar-refractivity contribution in [2.45, 2.75) is 45.9 Å². The zero-order valence-electron chi connectivity index (χ0n) is 15.6. The van der Waals surface area contributed by atoms with Crippen LogP contribution in [-0.4, -0.2) is 35.2 Å². The summed E-state index contributed by atoms with van der Waals surface area (Å²) in [6.45, 7) is 5.06. The highest BCUT2D eigenvalue weighted by Crippen LogP contribution is 2.08. The fourth-order valence-electron chi connectivity index (χ4n) is 2.32. The Balaban J connectivity index is 2.67. The van der Waals surface area contributed by atoms with Crippen LogP contribution in [0, 0.1) is 23.2 Å². The number of ether oxygens (including phenoxy) is 1. The van der Waals surface area contributed by atoms with Crippen molar-refractivity contribution in [2.24, 2.45) is 11.8 Å². The van der Waals surface area contributed by atoms with Gasteiger partial charge in [-0.1, -0.05) is 44.2 Å². The minimum absolute atomic E-state index is 0.0269. The topological polar surface area (TPSA) is 129 Å². The number of hydrogen-bond donors (Lipinski definition) is 3. The number of aliphatic carboxylic acids is 1. The van der Waals surface area contributed by atoms with Gasteiger partial charge in [0.15, 0.2) is 0 Å². The normalized spacial score (nSPS) is 13.7. The Bertz CT molecular complexity index is 684. The van der Waals surface area contributed by atoms with Gasteiger partial charge in [0.25, 0.3) is 0 Å². The standard InChI is InChI=1S/C19H25N3O5/c1-12(2)16(17(23)21-15(18(24)25)9-13(3)10-20)22-19(26)27-11-14-7-5-4-6-8-14/h4-8,12-13,15-16H,9,11H2,1-3H3,(H,21,23)(H,22,26)(H,24,25)/t13-,15-,16+/m0/s1. The van der Waals surface area contributed by atoms with Crippen LogP contribution in [0.5, 0.6) is 0 Å². The molecule has 8 heteroatoms. The number of carbonyl (C=O) groups is 3. The first-order valence-corrected chi connectivity index (χ1v) is 8.64. The Morgan fingerprint density at radius 1 is 1.15 bits per heavy atom. The summed E-state index contributed by atoms with van der Waals surface area (Å²) in [4.78, 5) is 35.8. The molecule has 0 aromatic heterocycles. The van der Waals surface area contributed by atoms with Gasteiger partial charge in [-0.2, -0.15) is 5.26 Å². The molecule has 0 bridgehead atoms. The second-order valence-corrected chi connectivity index (χ2v) is 6.59. The maximum absolute atomic E-state index is 12.5. The summed E-state index contributed by atoms with van der Waals surface area (Å²) >= 11 is 0. The third-order valence-electron chi connectivity index (χ3n) is 3.86. The van der Waals surface area contributed by atoms with Gasteiger partial charge in [-0.05, 0) is 24.8 Å². The summed E-state index contributed by atoms with van der Waals surface area (Å²) in [5.74, 6) is -2.70. The van der Waals surface area contributed by atoms with Crippen LogP contribution < -0.4 is 10.6 Å².